The highest BCUT2D eigenvalue weighted by Gasteiger charge is 2.19. The van der Waals surface area contributed by atoms with Crippen LogP contribution >= 0.6 is 0 Å². The van der Waals surface area contributed by atoms with E-state index in [2.05, 4.69) is 33.9 Å². The molecular weight excluding hydrogens is 352 g/mol. The number of fused-ring (bicyclic) bond motifs is 1. The lowest BCUT2D eigenvalue weighted by Crippen LogP contribution is -2.28. The molecule has 0 fully saturated rings. The van der Waals surface area contributed by atoms with Crippen molar-refractivity contribution in [3.63, 3.8) is 0 Å². The molecule has 1 N–H and O–H groups in total. The van der Waals surface area contributed by atoms with Gasteiger partial charge in [0.05, 0.1) is 24.2 Å². The summed E-state index contributed by atoms with van der Waals surface area (Å²) in [7, 11) is -1.54. The molecule has 0 aliphatic rings. The summed E-state index contributed by atoms with van der Waals surface area (Å²) in [5.74, 6) is 0.268. The molecule has 0 aliphatic carbocycles. The minimum atomic E-state index is -3.14. The molecule has 0 saturated carbocycles. The van der Waals surface area contributed by atoms with E-state index in [1.54, 1.807) is 19.6 Å². The SMILES string of the molecule is CC(CCN(C)S(C)(=O)=O)C(C)n1cc(-c2ncnc3[nH]ccc23)cn1. The smallest absolute Gasteiger partial charge is 0.210 e. The van der Waals surface area contributed by atoms with Crippen LogP contribution in [0.4, 0.5) is 0 Å². The summed E-state index contributed by atoms with van der Waals surface area (Å²) in [5.41, 5.74) is 2.58. The van der Waals surface area contributed by atoms with Gasteiger partial charge in [0, 0.05) is 36.9 Å². The quantitative estimate of drug-likeness (QED) is 0.682. The maximum Gasteiger partial charge on any atom is 0.210 e. The first-order chi connectivity index (χ1) is 12.3. The van der Waals surface area contributed by atoms with Crippen LogP contribution in [0.2, 0.25) is 0 Å². The van der Waals surface area contributed by atoms with Crippen molar-refractivity contribution in [1.82, 2.24) is 29.0 Å². The van der Waals surface area contributed by atoms with Crippen molar-refractivity contribution in [2.75, 3.05) is 19.8 Å². The Morgan fingerprint density at radius 1 is 1.31 bits per heavy atom. The second-order valence-corrected chi connectivity index (χ2v) is 8.85. The van der Waals surface area contributed by atoms with E-state index < -0.39 is 10.0 Å². The molecular formula is C17H24N6O2S. The highest BCUT2D eigenvalue weighted by molar-refractivity contribution is 7.88. The number of aromatic amines is 1. The second kappa shape index (κ2) is 7.16. The molecule has 3 rings (SSSR count). The van der Waals surface area contributed by atoms with Gasteiger partial charge in [-0.05, 0) is 25.3 Å². The maximum atomic E-state index is 11.5. The van der Waals surface area contributed by atoms with Gasteiger partial charge in [-0.25, -0.2) is 22.7 Å². The molecule has 2 atom stereocenters. The third-order valence-corrected chi connectivity index (χ3v) is 6.25. The molecule has 3 aromatic heterocycles. The summed E-state index contributed by atoms with van der Waals surface area (Å²) in [5, 5.41) is 5.46. The van der Waals surface area contributed by atoms with Crippen LogP contribution in [0.3, 0.4) is 0 Å². The molecule has 0 amide bonds. The summed E-state index contributed by atoms with van der Waals surface area (Å²) >= 11 is 0. The first-order valence-corrected chi connectivity index (χ1v) is 10.4. The molecule has 0 aliphatic heterocycles. The predicted molar refractivity (Wildman–Crippen MR) is 101 cm³/mol. The zero-order chi connectivity index (χ0) is 18.9. The zero-order valence-electron chi connectivity index (χ0n) is 15.4. The van der Waals surface area contributed by atoms with E-state index in [-0.39, 0.29) is 12.0 Å². The van der Waals surface area contributed by atoms with Crippen LogP contribution in [-0.4, -0.2) is 57.3 Å². The topological polar surface area (TPSA) is 96.8 Å². The van der Waals surface area contributed by atoms with E-state index >= 15 is 0 Å². The molecule has 3 aromatic rings. The van der Waals surface area contributed by atoms with Crippen LogP contribution in [-0.2, 0) is 10.0 Å². The van der Waals surface area contributed by atoms with Crippen LogP contribution in [0.5, 0.6) is 0 Å². The van der Waals surface area contributed by atoms with Crippen molar-refractivity contribution in [3.8, 4) is 11.3 Å². The molecule has 2 unspecified atom stereocenters. The Kier molecular flexibility index (Phi) is 5.10. The molecule has 26 heavy (non-hydrogen) atoms. The van der Waals surface area contributed by atoms with Gasteiger partial charge >= 0.3 is 0 Å². The molecule has 3 heterocycles. The number of H-pyrrole nitrogens is 1. The predicted octanol–water partition coefficient (Wildman–Crippen LogP) is 2.30. The third kappa shape index (κ3) is 3.78. The molecule has 0 radical (unpaired) electrons. The second-order valence-electron chi connectivity index (χ2n) is 6.76. The zero-order valence-corrected chi connectivity index (χ0v) is 16.2. The summed E-state index contributed by atoms with van der Waals surface area (Å²) < 4.78 is 26.3. The first kappa shape index (κ1) is 18.5. The number of rotatable bonds is 7. The van der Waals surface area contributed by atoms with E-state index in [0.717, 1.165) is 28.7 Å². The van der Waals surface area contributed by atoms with Crippen LogP contribution in [0.25, 0.3) is 22.3 Å². The number of nitrogens with zero attached hydrogens (tertiary/aromatic N) is 5. The first-order valence-electron chi connectivity index (χ1n) is 8.51. The Morgan fingerprint density at radius 2 is 2.08 bits per heavy atom. The fourth-order valence-electron chi connectivity index (χ4n) is 2.84. The molecule has 0 spiro atoms. The number of hydrogen-bond donors (Lipinski definition) is 1. The van der Waals surface area contributed by atoms with E-state index in [0.29, 0.717) is 6.54 Å². The van der Waals surface area contributed by atoms with E-state index in [1.807, 2.05) is 23.1 Å². The number of aromatic nitrogens is 5. The average molecular weight is 376 g/mol. The highest BCUT2D eigenvalue weighted by Crippen LogP contribution is 2.27. The lowest BCUT2D eigenvalue weighted by molar-refractivity contribution is 0.311. The number of sulfonamides is 1. The Morgan fingerprint density at radius 3 is 2.81 bits per heavy atom. The number of hydrogen-bond acceptors (Lipinski definition) is 5. The average Bonchev–Trinajstić information content (AvgIpc) is 3.26. The molecule has 0 saturated heterocycles. The van der Waals surface area contributed by atoms with Gasteiger partial charge < -0.3 is 4.98 Å². The van der Waals surface area contributed by atoms with Crippen molar-refractivity contribution in [2.45, 2.75) is 26.3 Å². The van der Waals surface area contributed by atoms with Gasteiger partial charge in [-0.2, -0.15) is 5.10 Å². The van der Waals surface area contributed by atoms with Crippen molar-refractivity contribution in [1.29, 1.82) is 0 Å². The summed E-state index contributed by atoms with van der Waals surface area (Å²) in [6.07, 6.45) is 9.16. The standard InChI is InChI=1S/C17H24N6O2S/c1-12(6-8-22(3)26(4,24)25)13(2)23-10-14(9-21-23)16-15-5-7-18-17(15)20-11-19-16/h5,7,9-13H,6,8H2,1-4H3,(H,18,19,20). The van der Waals surface area contributed by atoms with Crippen LogP contribution in [0, 0.1) is 5.92 Å². The van der Waals surface area contributed by atoms with E-state index in [9.17, 15) is 8.42 Å². The largest absolute Gasteiger partial charge is 0.346 e. The molecule has 0 bridgehead atoms. The maximum absolute atomic E-state index is 11.5. The van der Waals surface area contributed by atoms with E-state index in [1.165, 1.54) is 10.6 Å². The van der Waals surface area contributed by atoms with Crippen LogP contribution in [0.15, 0.2) is 31.0 Å². The fourth-order valence-corrected chi connectivity index (χ4v) is 3.28. The van der Waals surface area contributed by atoms with Gasteiger partial charge in [-0.3, -0.25) is 4.68 Å². The van der Waals surface area contributed by atoms with Gasteiger partial charge in [0.25, 0.3) is 0 Å². The van der Waals surface area contributed by atoms with Gasteiger partial charge in [-0.1, -0.05) is 6.92 Å². The number of nitrogens with one attached hydrogen (secondary N) is 1. The minimum absolute atomic E-state index is 0.139. The van der Waals surface area contributed by atoms with Crippen molar-refractivity contribution < 1.29 is 8.42 Å². The molecule has 9 heteroatoms. The Hall–Kier alpha value is -2.26. The van der Waals surface area contributed by atoms with E-state index in [4.69, 9.17) is 0 Å². The third-order valence-electron chi connectivity index (χ3n) is 4.94. The van der Waals surface area contributed by atoms with Crippen LogP contribution < -0.4 is 0 Å². The van der Waals surface area contributed by atoms with Crippen molar-refractivity contribution in [2.24, 2.45) is 5.92 Å². The Bertz CT molecular complexity index is 994. The monoisotopic (exact) mass is 376 g/mol. The molecule has 0 aromatic carbocycles. The molecule has 140 valence electrons. The normalized spacial score (nSPS) is 14.8. The summed E-state index contributed by atoms with van der Waals surface area (Å²) in [6, 6.07) is 2.09. The van der Waals surface area contributed by atoms with Crippen molar-refractivity contribution in [3.05, 3.63) is 31.0 Å². The minimum Gasteiger partial charge on any atom is -0.346 e. The van der Waals surface area contributed by atoms with Gasteiger partial charge in [0.2, 0.25) is 10.0 Å². The fraction of sp³-hybridized carbons (Fsp3) is 0.471. The Balaban J connectivity index is 1.74. The van der Waals surface area contributed by atoms with Crippen LogP contribution in [0.1, 0.15) is 26.3 Å². The molecule has 8 nitrogen and oxygen atoms in total. The highest BCUT2D eigenvalue weighted by atomic mass is 32.2. The summed E-state index contributed by atoms with van der Waals surface area (Å²) in [6.45, 7) is 4.69. The lowest BCUT2D eigenvalue weighted by Gasteiger charge is -2.22. The van der Waals surface area contributed by atoms with Gasteiger partial charge in [0.15, 0.2) is 0 Å². The summed E-state index contributed by atoms with van der Waals surface area (Å²) in [4.78, 5) is 11.7. The van der Waals surface area contributed by atoms with Gasteiger partial charge in [0.1, 0.15) is 12.0 Å². The Labute approximate surface area is 153 Å². The van der Waals surface area contributed by atoms with Crippen molar-refractivity contribution >= 4 is 21.1 Å². The van der Waals surface area contributed by atoms with Gasteiger partial charge in [-0.15, -0.1) is 0 Å². The lowest BCUT2D eigenvalue weighted by atomic mass is 10.00.